The summed E-state index contributed by atoms with van der Waals surface area (Å²) < 4.78 is 0. The summed E-state index contributed by atoms with van der Waals surface area (Å²) in [5.41, 5.74) is 8.85. The van der Waals surface area contributed by atoms with Crippen LogP contribution in [-0.4, -0.2) is 12.8 Å². The van der Waals surface area contributed by atoms with E-state index >= 15 is 0 Å². The molecule has 0 saturated carbocycles. The van der Waals surface area contributed by atoms with E-state index in [0.29, 0.717) is 0 Å². The SMILES string of the molecule is CCN=C/C(=C\N)c1cccc(C)c1. The summed E-state index contributed by atoms with van der Waals surface area (Å²) in [6.45, 7) is 4.85. The van der Waals surface area contributed by atoms with Crippen molar-refractivity contribution in [2.24, 2.45) is 10.7 Å². The molecule has 74 valence electrons. The van der Waals surface area contributed by atoms with E-state index in [2.05, 4.69) is 24.0 Å². The fourth-order valence-electron chi connectivity index (χ4n) is 1.23. The zero-order chi connectivity index (χ0) is 10.4. The molecule has 0 aliphatic heterocycles. The second-order valence-corrected chi connectivity index (χ2v) is 3.12. The van der Waals surface area contributed by atoms with Crippen molar-refractivity contribution in [1.82, 2.24) is 0 Å². The Morgan fingerprint density at radius 2 is 2.29 bits per heavy atom. The minimum atomic E-state index is 0.781. The van der Waals surface area contributed by atoms with E-state index in [9.17, 15) is 0 Å². The van der Waals surface area contributed by atoms with Crippen LogP contribution in [0.15, 0.2) is 35.5 Å². The van der Waals surface area contributed by atoms with E-state index in [0.717, 1.165) is 17.7 Å². The van der Waals surface area contributed by atoms with Gasteiger partial charge in [0.05, 0.1) is 0 Å². The van der Waals surface area contributed by atoms with Gasteiger partial charge in [0.15, 0.2) is 0 Å². The maximum absolute atomic E-state index is 5.54. The number of aryl methyl sites for hydroxylation is 1. The molecular weight excluding hydrogens is 172 g/mol. The van der Waals surface area contributed by atoms with E-state index in [1.54, 1.807) is 6.20 Å². The van der Waals surface area contributed by atoms with Crippen LogP contribution in [-0.2, 0) is 0 Å². The summed E-state index contributed by atoms with van der Waals surface area (Å²) in [5, 5.41) is 0. The highest BCUT2D eigenvalue weighted by Gasteiger charge is 1.97. The molecule has 0 aliphatic rings. The third kappa shape index (κ3) is 2.73. The molecule has 0 spiro atoms. The summed E-state index contributed by atoms with van der Waals surface area (Å²) in [6.07, 6.45) is 3.41. The Balaban J connectivity index is 2.96. The molecule has 1 aromatic rings. The van der Waals surface area contributed by atoms with Gasteiger partial charge in [0.2, 0.25) is 0 Å². The second kappa shape index (κ2) is 5.22. The Kier molecular flexibility index (Phi) is 3.92. The number of nitrogens with zero attached hydrogens (tertiary/aromatic N) is 1. The molecule has 0 radical (unpaired) electrons. The van der Waals surface area contributed by atoms with Gasteiger partial charge in [-0.25, -0.2) is 0 Å². The molecule has 0 unspecified atom stereocenters. The average molecular weight is 188 g/mol. The molecule has 0 heterocycles. The van der Waals surface area contributed by atoms with Crippen LogP contribution >= 0.6 is 0 Å². The second-order valence-electron chi connectivity index (χ2n) is 3.12. The van der Waals surface area contributed by atoms with E-state index < -0.39 is 0 Å². The van der Waals surface area contributed by atoms with Crippen molar-refractivity contribution in [1.29, 1.82) is 0 Å². The fraction of sp³-hybridized carbons (Fsp3) is 0.250. The smallest absolute Gasteiger partial charge is 0.0361 e. The molecule has 0 amide bonds. The van der Waals surface area contributed by atoms with E-state index in [1.165, 1.54) is 5.56 Å². The molecule has 2 nitrogen and oxygen atoms in total. The Hall–Kier alpha value is -1.57. The van der Waals surface area contributed by atoms with Crippen LogP contribution in [0.2, 0.25) is 0 Å². The Morgan fingerprint density at radius 3 is 2.86 bits per heavy atom. The van der Waals surface area contributed by atoms with Gasteiger partial charge in [-0.05, 0) is 19.4 Å². The summed E-state index contributed by atoms with van der Waals surface area (Å²) >= 11 is 0. The van der Waals surface area contributed by atoms with Crippen molar-refractivity contribution in [3.63, 3.8) is 0 Å². The van der Waals surface area contributed by atoms with Crippen molar-refractivity contribution in [3.05, 3.63) is 41.6 Å². The molecule has 0 bridgehead atoms. The predicted octanol–water partition coefficient (Wildman–Crippen LogP) is 2.39. The number of benzene rings is 1. The molecule has 2 heteroatoms. The highest BCUT2D eigenvalue weighted by atomic mass is 14.7. The number of aliphatic imine (C=N–C) groups is 1. The van der Waals surface area contributed by atoms with Gasteiger partial charge >= 0.3 is 0 Å². The Morgan fingerprint density at radius 1 is 1.50 bits per heavy atom. The van der Waals surface area contributed by atoms with Gasteiger partial charge in [0.1, 0.15) is 0 Å². The molecule has 0 saturated heterocycles. The number of nitrogens with two attached hydrogens (primary N) is 1. The third-order valence-electron chi connectivity index (χ3n) is 1.94. The monoisotopic (exact) mass is 188 g/mol. The lowest BCUT2D eigenvalue weighted by Crippen LogP contribution is -1.92. The molecule has 0 atom stereocenters. The van der Waals surface area contributed by atoms with Crippen molar-refractivity contribution >= 4 is 11.8 Å². The summed E-state index contributed by atoms with van der Waals surface area (Å²) in [7, 11) is 0. The lowest BCUT2D eigenvalue weighted by molar-refractivity contribution is 1.14. The minimum Gasteiger partial charge on any atom is -0.404 e. The normalized spacial score (nSPS) is 12.3. The van der Waals surface area contributed by atoms with Crippen LogP contribution in [0.3, 0.4) is 0 Å². The first-order valence-electron chi connectivity index (χ1n) is 4.76. The topological polar surface area (TPSA) is 38.4 Å². The van der Waals surface area contributed by atoms with Crippen molar-refractivity contribution in [2.75, 3.05) is 6.54 Å². The molecule has 0 aromatic heterocycles. The van der Waals surface area contributed by atoms with Crippen LogP contribution in [0.25, 0.3) is 5.57 Å². The zero-order valence-corrected chi connectivity index (χ0v) is 8.70. The van der Waals surface area contributed by atoms with E-state index in [-0.39, 0.29) is 0 Å². The predicted molar refractivity (Wildman–Crippen MR) is 62.4 cm³/mol. The highest BCUT2D eigenvalue weighted by molar-refractivity contribution is 6.09. The van der Waals surface area contributed by atoms with E-state index in [1.807, 2.05) is 25.3 Å². The highest BCUT2D eigenvalue weighted by Crippen LogP contribution is 2.12. The Labute approximate surface area is 85.2 Å². The average Bonchev–Trinajstić information content (AvgIpc) is 2.19. The molecule has 0 fully saturated rings. The summed E-state index contributed by atoms with van der Waals surface area (Å²) in [6, 6.07) is 8.22. The first-order valence-corrected chi connectivity index (χ1v) is 4.76. The number of hydrogen-bond acceptors (Lipinski definition) is 2. The standard InChI is InChI=1S/C12H16N2/c1-3-14-9-12(8-13)11-6-4-5-10(2)7-11/h4-9H,3,13H2,1-2H3/b12-8+,14-9?. The quantitative estimate of drug-likeness (QED) is 0.727. The van der Waals surface area contributed by atoms with Gasteiger partial charge in [-0.15, -0.1) is 0 Å². The van der Waals surface area contributed by atoms with Gasteiger partial charge in [-0.2, -0.15) is 0 Å². The molecule has 1 rings (SSSR count). The Bertz CT molecular complexity index is 351. The molecule has 14 heavy (non-hydrogen) atoms. The summed E-state index contributed by atoms with van der Waals surface area (Å²) in [5.74, 6) is 0. The van der Waals surface area contributed by atoms with Crippen molar-refractivity contribution < 1.29 is 0 Å². The number of hydrogen-bond donors (Lipinski definition) is 1. The minimum absolute atomic E-state index is 0.781. The van der Waals surface area contributed by atoms with Gasteiger partial charge in [0, 0.05) is 24.5 Å². The van der Waals surface area contributed by atoms with Crippen molar-refractivity contribution in [3.8, 4) is 0 Å². The number of allylic oxidation sites excluding steroid dienone is 1. The first-order chi connectivity index (χ1) is 6.77. The van der Waals surface area contributed by atoms with Crippen LogP contribution < -0.4 is 5.73 Å². The molecule has 1 aromatic carbocycles. The maximum atomic E-state index is 5.54. The molecule has 0 aliphatic carbocycles. The van der Waals surface area contributed by atoms with Gasteiger partial charge < -0.3 is 5.73 Å². The third-order valence-corrected chi connectivity index (χ3v) is 1.94. The lowest BCUT2D eigenvalue weighted by atomic mass is 10.1. The zero-order valence-electron chi connectivity index (χ0n) is 8.70. The van der Waals surface area contributed by atoms with Crippen LogP contribution in [0, 0.1) is 6.92 Å². The number of rotatable bonds is 3. The van der Waals surface area contributed by atoms with Crippen LogP contribution in [0.1, 0.15) is 18.1 Å². The van der Waals surface area contributed by atoms with E-state index in [4.69, 9.17) is 5.73 Å². The maximum Gasteiger partial charge on any atom is 0.0361 e. The summed E-state index contributed by atoms with van der Waals surface area (Å²) in [4.78, 5) is 4.18. The largest absolute Gasteiger partial charge is 0.404 e. The first kappa shape index (κ1) is 10.5. The molecular formula is C12H16N2. The lowest BCUT2D eigenvalue weighted by Gasteiger charge is -2.01. The van der Waals surface area contributed by atoms with Gasteiger partial charge in [-0.1, -0.05) is 29.8 Å². The van der Waals surface area contributed by atoms with Crippen LogP contribution in [0.5, 0.6) is 0 Å². The van der Waals surface area contributed by atoms with Gasteiger partial charge in [-0.3, -0.25) is 4.99 Å². The fourth-order valence-corrected chi connectivity index (χ4v) is 1.23. The van der Waals surface area contributed by atoms with Crippen LogP contribution in [0.4, 0.5) is 0 Å². The van der Waals surface area contributed by atoms with Gasteiger partial charge in [0.25, 0.3) is 0 Å². The molecule has 2 N–H and O–H groups in total. The van der Waals surface area contributed by atoms with Crippen molar-refractivity contribution in [2.45, 2.75) is 13.8 Å².